The van der Waals surface area contributed by atoms with E-state index in [1.165, 1.54) is 0 Å². The van der Waals surface area contributed by atoms with Gasteiger partial charge in [-0.25, -0.2) is 0 Å². The van der Waals surface area contributed by atoms with Gasteiger partial charge in [-0.2, -0.15) is 0 Å². The molecule has 0 aliphatic carbocycles. The lowest BCUT2D eigenvalue weighted by Gasteiger charge is -2.30. The Morgan fingerprint density at radius 3 is 0.694 bits per heavy atom. The quantitative estimate of drug-likeness (QED) is 0.0289. The van der Waals surface area contributed by atoms with Crippen molar-refractivity contribution in [3.63, 3.8) is 0 Å². The lowest BCUT2D eigenvalue weighted by Crippen LogP contribution is -2.39. The van der Waals surface area contributed by atoms with Crippen LogP contribution >= 0.6 is 0 Å². The van der Waals surface area contributed by atoms with Gasteiger partial charge in [-0.05, 0) is 239 Å². The summed E-state index contributed by atoms with van der Waals surface area (Å²) in [5, 5.41) is 9.50. The fourth-order valence-electron chi connectivity index (χ4n) is 13.5. The maximum atomic E-state index is 12.5. The average molecular weight is 2060 g/mol. The molecule has 30 heteroatoms. The van der Waals surface area contributed by atoms with Crippen molar-refractivity contribution in [3.8, 4) is 0 Å². The van der Waals surface area contributed by atoms with Crippen molar-refractivity contribution in [2.45, 2.75) is 392 Å². The van der Waals surface area contributed by atoms with Gasteiger partial charge in [0.1, 0.15) is 33.0 Å². The molecule has 0 bridgehead atoms. The first-order valence-electron chi connectivity index (χ1n) is 54.0. The standard InChI is InChI=1S/2C20H39NO4.C19H38N2O3.2C19H37NO4.C17H33NO4/c1-10-20(9,17(23)25-14-18(3,4)5)13-15(2)16(22)24-12-11-21-19(6,7)8;1-9-20(8,18(23)25-15-19(5,6)7)14-16(4)17(22)24-13-12-21(10-2)11-3;1-9-19(6,17(23)24-14-18(3,4)5)13-15(2)16(22)20-11-10-12-21(7)8;1-9-15(17(22)24-13-18(3,4)5)12-14(2)16(21)23-11-10-20-19(6,7)8;1-8-16(18(22)24-14-19(5,6)7)13-15(4)17(21)23-12-11-20(9-2)10-3;1-8-14(16(20)22-12-17(3,4)5)11-13(2)15(19)21-10-9-18(6)7/h15,21H,10-14H2,1-9H3;16H,9-15H2,1-8H3;15H,9-14H2,1-8H3,(H,20,22);14-15,20H,9-13H2,1-8H3;15-16H,8-14H2,1-7H3;13-14H,8-12H2,1-7H3. The van der Waals surface area contributed by atoms with E-state index in [2.05, 4.69) is 99.9 Å². The number of nitrogens with zero attached hydrogens (tertiary/aromatic N) is 4. The van der Waals surface area contributed by atoms with Gasteiger partial charge in [-0.15, -0.1) is 0 Å². The Labute approximate surface area is 879 Å². The van der Waals surface area contributed by atoms with E-state index >= 15 is 0 Å². The number of carbonyl (C=O) groups excluding carboxylic acids is 12. The van der Waals surface area contributed by atoms with E-state index in [-0.39, 0.29) is 168 Å². The first kappa shape index (κ1) is 148. The summed E-state index contributed by atoms with van der Waals surface area (Å²) in [6.45, 7) is 98.4. The number of hydrogen-bond acceptors (Lipinski definition) is 29. The van der Waals surface area contributed by atoms with Gasteiger partial charge in [0.25, 0.3) is 0 Å². The van der Waals surface area contributed by atoms with Gasteiger partial charge < -0.3 is 87.7 Å². The molecule has 1 amide bonds. The highest BCUT2D eigenvalue weighted by molar-refractivity contribution is 5.82. The molecule has 12 unspecified atom stereocenters. The monoisotopic (exact) mass is 2060 g/mol. The summed E-state index contributed by atoms with van der Waals surface area (Å²) < 4.78 is 59.1. The summed E-state index contributed by atoms with van der Waals surface area (Å²) in [6, 6.07) is 0. The highest BCUT2D eigenvalue weighted by Crippen LogP contribution is 2.37. The van der Waals surface area contributed by atoms with Crippen molar-refractivity contribution in [2.24, 2.45) is 102 Å². The molecule has 0 spiro atoms. The number of carbonyl (C=O) groups is 12. The third kappa shape index (κ3) is 80.4. The van der Waals surface area contributed by atoms with Crippen molar-refractivity contribution >= 4 is 71.6 Å². The highest BCUT2D eigenvalue weighted by Gasteiger charge is 2.42. The smallest absolute Gasteiger partial charge is 0.311 e. The number of esters is 11. The van der Waals surface area contributed by atoms with Crippen LogP contribution in [0.3, 0.4) is 0 Å². The van der Waals surface area contributed by atoms with Gasteiger partial charge in [0, 0.05) is 56.3 Å². The molecule has 0 aromatic rings. The van der Waals surface area contributed by atoms with Crippen molar-refractivity contribution in [3.05, 3.63) is 0 Å². The Morgan fingerprint density at radius 2 is 0.479 bits per heavy atom. The third-order valence-electron chi connectivity index (χ3n) is 23.8. The first-order valence-corrected chi connectivity index (χ1v) is 54.0. The van der Waals surface area contributed by atoms with Crippen LogP contribution in [-0.4, -0.2) is 275 Å². The zero-order valence-electron chi connectivity index (χ0n) is 101. The molecule has 852 valence electrons. The van der Waals surface area contributed by atoms with Gasteiger partial charge in [0.2, 0.25) is 5.91 Å². The van der Waals surface area contributed by atoms with E-state index in [1.54, 1.807) is 13.8 Å². The summed E-state index contributed by atoms with van der Waals surface area (Å²) >= 11 is 0. The van der Waals surface area contributed by atoms with Crippen LogP contribution in [0.5, 0.6) is 0 Å². The molecule has 3 N–H and O–H groups in total. The largest absolute Gasteiger partial charge is 0.465 e. The molecule has 0 heterocycles. The lowest BCUT2D eigenvalue weighted by atomic mass is 9.79. The second kappa shape index (κ2) is 74.3. The summed E-state index contributed by atoms with van der Waals surface area (Å²) in [7, 11) is 7.88. The van der Waals surface area contributed by atoms with Crippen LogP contribution in [0.15, 0.2) is 0 Å². The van der Waals surface area contributed by atoms with E-state index in [4.69, 9.17) is 52.1 Å². The minimum atomic E-state index is -0.673. The van der Waals surface area contributed by atoms with Gasteiger partial charge >= 0.3 is 65.7 Å². The second-order valence-corrected chi connectivity index (χ2v) is 50.2. The van der Waals surface area contributed by atoms with Gasteiger partial charge in [0.05, 0.1) is 103 Å². The fraction of sp³-hybridized carbons (Fsp3) is 0.895. The average Bonchev–Trinajstić information content (AvgIpc) is 0.845. The SMILES string of the molecule is CCC(C)(CC(C)C(=O)NCCCN(C)C)C(=O)OCC(C)(C)C.CCC(C)(CC(C)C(=O)OCCNC(C)(C)C)C(=O)OCC(C)(C)C.CCC(CC(C)C(=O)OCCN(C)C)C(=O)OCC(C)(C)C.CCC(CC(C)C(=O)OCCN(CC)CC)C(=O)OCC(C)(C)C.CCC(CC(C)C(=O)OCCNC(C)(C)C)C(=O)OCC(C)(C)C.CCN(CC)CCOC(=O)C(C)CC(C)(CC)C(=O)OCC(C)(C)C. The minimum absolute atomic E-state index is 0.00213. The highest BCUT2D eigenvalue weighted by atomic mass is 16.6. The maximum Gasteiger partial charge on any atom is 0.311 e. The van der Waals surface area contributed by atoms with Crippen LogP contribution in [0.1, 0.15) is 381 Å². The van der Waals surface area contributed by atoms with E-state index in [0.717, 1.165) is 52.2 Å². The molecular weight excluding hydrogens is 1840 g/mol. The van der Waals surface area contributed by atoms with Crippen LogP contribution in [-0.2, 0) is 110 Å². The number of hydrogen-bond donors (Lipinski definition) is 3. The third-order valence-corrected chi connectivity index (χ3v) is 23.8. The summed E-state index contributed by atoms with van der Waals surface area (Å²) in [5.74, 6) is -5.11. The first-order chi connectivity index (χ1) is 65.7. The Bertz CT molecular complexity index is 3530. The Morgan fingerprint density at radius 1 is 0.257 bits per heavy atom. The van der Waals surface area contributed by atoms with E-state index < -0.39 is 16.2 Å². The molecule has 0 aliphatic rings. The molecule has 0 fully saturated rings. The Kier molecular flexibility index (Phi) is 76.4. The zero-order valence-corrected chi connectivity index (χ0v) is 101. The van der Waals surface area contributed by atoms with Gasteiger partial charge in [-0.1, -0.05) is 235 Å². The Hall–Kier alpha value is -6.60. The molecular formula is C114H223N7O23. The molecule has 0 aliphatic heterocycles. The summed E-state index contributed by atoms with van der Waals surface area (Å²) in [6.07, 6.45) is 7.62. The fourth-order valence-corrected chi connectivity index (χ4v) is 13.5. The molecule has 0 rings (SSSR count). The summed E-state index contributed by atoms with van der Waals surface area (Å²) in [5.41, 5.74) is -2.32. The van der Waals surface area contributed by atoms with Crippen molar-refractivity contribution < 1.29 is 110 Å². The van der Waals surface area contributed by atoms with Crippen molar-refractivity contribution in [1.29, 1.82) is 0 Å². The van der Waals surface area contributed by atoms with Crippen LogP contribution in [0.25, 0.3) is 0 Å². The zero-order chi connectivity index (χ0) is 114. The maximum absolute atomic E-state index is 12.5. The molecule has 12 atom stereocenters. The number of rotatable bonds is 59. The van der Waals surface area contributed by atoms with Gasteiger partial charge in [0.15, 0.2) is 0 Å². The van der Waals surface area contributed by atoms with Crippen LogP contribution in [0.4, 0.5) is 0 Å². The number of amides is 1. The number of nitrogens with one attached hydrogen (secondary N) is 3. The molecule has 0 aromatic carbocycles. The van der Waals surface area contributed by atoms with Crippen molar-refractivity contribution in [2.75, 3.05) is 173 Å². The minimum Gasteiger partial charge on any atom is -0.465 e. The van der Waals surface area contributed by atoms with Crippen LogP contribution in [0, 0.1) is 102 Å². The normalized spacial score (nSPS) is 15.2. The number of likely N-dealkylation sites (N-methyl/N-ethyl adjacent to an activating group) is 3. The predicted octanol–water partition coefficient (Wildman–Crippen LogP) is 20.7. The second-order valence-electron chi connectivity index (χ2n) is 50.2. The van der Waals surface area contributed by atoms with E-state index in [0.29, 0.717) is 176 Å². The topological polar surface area (TPSA) is 355 Å². The molecule has 0 saturated carbocycles. The van der Waals surface area contributed by atoms with Gasteiger partial charge in [-0.3, -0.25) is 57.5 Å². The Balaban J connectivity index is -0.000000397. The molecule has 0 aromatic heterocycles. The lowest BCUT2D eigenvalue weighted by molar-refractivity contribution is -0.162. The predicted molar refractivity (Wildman–Crippen MR) is 582 cm³/mol. The molecule has 144 heavy (non-hydrogen) atoms. The van der Waals surface area contributed by atoms with Crippen LogP contribution < -0.4 is 16.0 Å². The molecule has 0 saturated heterocycles. The molecule has 30 nitrogen and oxygen atoms in total. The van der Waals surface area contributed by atoms with E-state index in [9.17, 15) is 57.5 Å². The van der Waals surface area contributed by atoms with E-state index in [1.807, 2.05) is 248 Å². The van der Waals surface area contributed by atoms with Crippen LogP contribution in [0.2, 0.25) is 0 Å². The number of ether oxygens (including phenoxy) is 11. The van der Waals surface area contributed by atoms with Crippen molar-refractivity contribution in [1.82, 2.24) is 35.6 Å². The summed E-state index contributed by atoms with van der Waals surface area (Å²) in [4.78, 5) is 155. The molecule has 0 radical (unpaired) electrons.